The normalized spacial score (nSPS) is 15.6. The topological polar surface area (TPSA) is 15.6 Å². The smallest absolute Gasteiger partial charge is 0.140 e. The monoisotopic (exact) mass is 574 g/mol. The fourth-order valence-corrected chi connectivity index (χ4v) is 7.12. The highest BCUT2D eigenvalue weighted by Crippen LogP contribution is 2.44. The molecule has 7 aromatic carbocycles. The molecule has 0 saturated carbocycles. The molecule has 2 aliphatic rings. The molecule has 2 nitrogen and oxygen atoms in total. The van der Waals surface area contributed by atoms with Gasteiger partial charge in [0.15, 0.2) is 0 Å². The van der Waals surface area contributed by atoms with E-state index >= 15 is 0 Å². The second-order valence-corrected chi connectivity index (χ2v) is 11.9. The minimum atomic E-state index is 0.120. The quantitative estimate of drug-likeness (QED) is 0.191. The van der Waals surface area contributed by atoms with Gasteiger partial charge in [-0.15, -0.1) is 0 Å². The average Bonchev–Trinajstić information content (AvgIpc) is 3.55. The maximum atomic E-state index is 4.98. The Kier molecular flexibility index (Phi) is 5.99. The molecule has 2 heteroatoms. The molecule has 0 saturated heterocycles. The Balaban J connectivity index is 1.17. The summed E-state index contributed by atoms with van der Waals surface area (Å²) < 4.78 is 0. The number of benzene rings is 7. The molecule has 0 spiro atoms. The van der Waals surface area contributed by atoms with Crippen LogP contribution in [0.2, 0.25) is 0 Å². The van der Waals surface area contributed by atoms with E-state index in [1.165, 1.54) is 71.3 Å². The van der Waals surface area contributed by atoms with Gasteiger partial charge in [-0.2, -0.15) is 0 Å². The van der Waals surface area contributed by atoms with E-state index in [1.54, 1.807) is 0 Å². The third-order valence-corrected chi connectivity index (χ3v) is 9.31. The van der Waals surface area contributed by atoms with Gasteiger partial charge in [0.2, 0.25) is 0 Å². The molecule has 9 rings (SSSR count). The van der Waals surface area contributed by atoms with Crippen LogP contribution >= 0.6 is 0 Å². The SMILES string of the molecule is C1=CC2N=C(c3ccc4cc(-c5c6ccccc6c(-c6ccc(-c7ccccc7)cc6)c6ccccc56)ccc4c3)CN2C=C1. The third-order valence-electron chi connectivity index (χ3n) is 9.31. The van der Waals surface area contributed by atoms with Gasteiger partial charge in [0, 0.05) is 6.20 Å². The summed E-state index contributed by atoms with van der Waals surface area (Å²) in [6, 6.07) is 51.1. The molecular weight excluding hydrogens is 544 g/mol. The van der Waals surface area contributed by atoms with Crippen LogP contribution in [0, 0.1) is 0 Å². The molecule has 212 valence electrons. The highest BCUT2D eigenvalue weighted by molar-refractivity contribution is 6.21. The van der Waals surface area contributed by atoms with Crippen LogP contribution < -0.4 is 0 Å². The highest BCUT2D eigenvalue weighted by Gasteiger charge is 2.24. The Morgan fingerprint density at radius 2 is 0.978 bits per heavy atom. The van der Waals surface area contributed by atoms with Gasteiger partial charge in [-0.3, -0.25) is 4.99 Å². The van der Waals surface area contributed by atoms with Gasteiger partial charge in [0.05, 0.1) is 12.3 Å². The fraction of sp³-hybridized carbons (Fsp3) is 0.0465. The van der Waals surface area contributed by atoms with Crippen molar-refractivity contribution in [2.24, 2.45) is 4.99 Å². The van der Waals surface area contributed by atoms with Crippen LogP contribution in [0.5, 0.6) is 0 Å². The van der Waals surface area contributed by atoms with Crippen molar-refractivity contribution in [1.29, 1.82) is 0 Å². The first-order valence-electron chi connectivity index (χ1n) is 15.6. The second kappa shape index (κ2) is 10.5. The number of aliphatic imine (C=N–C) groups is 1. The molecule has 0 N–H and O–H groups in total. The van der Waals surface area contributed by atoms with Crippen LogP contribution in [0.15, 0.2) is 169 Å². The van der Waals surface area contributed by atoms with Crippen molar-refractivity contribution in [2.75, 3.05) is 6.54 Å². The minimum absolute atomic E-state index is 0.120. The summed E-state index contributed by atoms with van der Waals surface area (Å²) in [7, 11) is 0. The van der Waals surface area contributed by atoms with E-state index in [2.05, 4.69) is 169 Å². The van der Waals surface area contributed by atoms with Gasteiger partial charge in [0.1, 0.15) is 6.17 Å². The van der Waals surface area contributed by atoms with E-state index in [-0.39, 0.29) is 6.17 Å². The Hall–Kier alpha value is -5.73. The van der Waals surface area contributed by atoms with Gasteiger partial charge in [-0.05, 0) is 95.5 Å². The maximum absolute atomic E-state index is 4.98. The van der Waals surface area contributed by atoms with Crippen molar-refractivity contribution in [3.05, 3.63) is 170 Å². The van der Waals surface area contributed by atoms with E-state index in [0.717, 1.165) is 12.3 Å². The van der Waals surface area contributed by atoms with Gasteiger partial charge in [0.25, 0.3) is 0 Å². The standard InChI is InChI=1S/C43H30N2/c1-2-10-29(11-3-1)30-17-19-31(20-18-30)42-36-12-4-6-14-38(36)43(39-15-7-5-13-37(39)42)35-24-22-32-26-34(23-21-33(32)27-35)40-28-45-25-9-8-16-41(45)44-40/h1-27,41H,28H2. The molecule has 2 heterocycles. The molecule has 0 bridgehead atoms. The van der Waals surface area contributed by atoms with E-state index < -0.39 is 0 Å². The third kappa shape index (κ3) is 4.38. The molecular formula is C43H30N2. The predicted molar refractivity (Wildman–Crippen MR) is 191 cm³/mol. The zero-order valence-corrected chi connectivity index (χ0v) is 24.8. The summed E-state index contributed by atoms with van der Waals surface area (Å²) in [4.78, 5) is 7.26. The molecule has 45 heavy (non-hydrogen) atoms. The lowest BCUT2D eigenvalue weighted by Crippen LogP contribution is -2.25. The van der Waals surface area contributed by atoms with Crippen LogP contribution in [0.1, 0.15) is 5.56 Å². The molecule has 1 atom stereocenters. The fourth-order valence-electron chi connectivity index (χ4n) is 7.12. The average molecular weight is 575 g/mol. The summed E-state index contributed by atoms with van der Waals surface area (Å²) in [5.74, 6) is 0. The lowest BCUT2D eigenvalue weighted by Gasteiger charge is -2.19. The lowest BCUT2D eigenvalue weighted by molar-refractivity contribution is 0.393. The van der Waals surface area contributed by atoms with E-state index in [0.29, 0.717) is 0 Å². The van der Waals surface area contributed by atoms with Crippen molar-refractivity contribution in [3.8, 4) is 33.4 Å². The van der Waals surface area contributed by atoms with E-state index in [1.807, 2.05) is 0 Å². The molecule has 0 amide bonds. The maximum Gasteiger partial charge on any atom is 0.140 e. The van der Waals surface area contributed by atoms with Gasteiger partial charge in [-0.1, -0.05) is 133 Å². The number of hydrogen-bond donors (Lipinski definition) is 0. The van der Waals surface area contributed by atoms with Crippen molar-refractivity contribution < 1.29 is 0 Å². The summed E-state index contributed by atoms with van der Waals surface area (Å²) in [5.41, 5.74) is 9.85. The van der Waals surface area contributed by atoms with Crippen LogP contribution in [0.3, 0.4) is 0 Å². The van der Waals surface area contributed by atoms with Crippen LogP contribution in [-0.4, -0.2) is 23.3 Å². The Bertz CT molecular complexity index is 2290. The molecule has 0 aromatic heterocycles. The molecule has 2 aliphatic heterocycles. The van der Waals surface area contributed by atoms with Gasteiger partial charge < -0.3 is 4.90 Å². The summed E-state index contributed by atoms with van der Waals surface area (Å²) in [5, 5.41) is 7.56. The van der Waals surface area contributed by atoms with Crippen molar-refractivity contribution >= 4 is 38.0 Å². The van der Waals surface area contributed by atoms with Crippen molar-refractivity contribution in [2.45, 2.75) is 6.17 Å². The van der Waals surface area contributed by atoms with Gasteiger partial charge in [-0.25, -0.2) is 0 Å². The number of nitrogens with zero attached hydrogens (tertiary/aromatic N) is 2. The molecule has 1 unspecified atom stereocenters. The number of hydrogen-bond acceptors (Lipinski definition) is 2. The summed E-state index contributed by atoms with van der Waals surface area (Å²) >= 11 is 0. The van der Waals surface area contributed by atoms with E-state index in [4.69, 9.17) is 4.99 Å². The highest BCUT2D eigenvalue weighted by atomic mass is 15.3. The summed E-state index contributed by atoms with van der Waals surface area (Å²) in [6.07, 6.45) is 8.57. The zero-order chi connectivity index (χ0) is 29.7. The van der Waals surface area contributed by atoms with Crippen LogP contribution in [0.25, 0.3) is 65.7 Å². The van der Waals surface area contributed by atoms with Crippen LogP contribution in [0.4, 0.5) is 0 Å². The first-order chi connectivity index (χ1) is 22.3. The summed E-state index contributed by atoms with van der Waals surface area (Å²) in [6.45, 7) is 0.842. The van der Waals surface area contributed by atoms with Crippen molar-refractivity contribution in [1.82, 2.24) is 4.90 Å². The second-order valence-electron chi connectivity index (χ2n) is 11.9. The number of allylic oxidation sites excluding steroid dienone is 2. The molecule has 7 aromatic rings. The Labute approximate surface area is 262 Å². The first-order valence-corrected chi connectivity index (χ1v) is 15.6. The Morgan fingerprint density at radius 1 is 0.467 bits per heavy atom. The lowest BCUT2D eigenvalue weighted by atomic mass is 9.85. The number of rotatable bonds is 4. The van der Waals surface area contributed by atoms with E-state index in [9.17, 15) is 0 Å². The largest absolute Gasteiger partial charge is 0.347 e. The molecule has 0 aliphatic carbocycles. The number of fused-ring (bicyclic) bond motifs is 4. The van der Waals surface area contributed by atoms with Crippen molar-refractivity contribution in [3.63, 3.8) is 0 Å². The van der Waals surface area contributed by atoms with Gasteiger partial charge >= 0.3 is 0 Å². The first kappa shape index (κ1) is 25.7. The zero-order valence-electron chi connectivity index (χ0n) is 24.8. The molecule has 0 radical (unpaired) electrons. The van der Waals surface area contributed by atoms with Crippen LogP contribution in [-0.2, 0) is 0 Å². The minimum Gasteiger partial charge on any atom is -0.347 e. The predicted octanol–water partition coefficient (Wildman–Crippen LogP) is 10.7. The molecule has 0 fully saturated rings. The Morgan fingerprint density at radius 3 is 1.62 bits per heavy atom.